The van der Waals surface area contributed by atoms with Gasteiger partial charge in [0.1, 0.15) is 0 Å². The van der Waals surface area contributed by atoms with Crippen LogP contribution in [0, 0.1) is 0 Å². The quantitative estimate of drug-likeness (QED) is 0.598. The lowest BCUT2D eigenvalue weighted by Crippen LogP contribution is -2.21. The number of nitrogens with two attached hydrogens (primary N) is 1. The molecule has 1 aromatic rings. The van der Waals surface area contributed by atoms with Crippen LogP contribution in [0.1, 0.15) is 35.8 Å². The monoisotopic (exact) mass is 239 g/mol. The van der Waals surface area contributed by atoms with Gasteiger partial charge in [-0.1, -0.05) is 0 Å². The highest BCUT2D eigenvalue weighted by molar-refractivity contribution is 5.89. The van der Waals surface area contributed by atoms with Crippen LogP contribution in [0.3, 0.4) is 0 Å². The van der Waals surface area contributed by atoms with Gasteiger partial charge in [0.15, 0.2) is 5.69 Å². The highest BCUT2D eigenvalue weighted by Gasteiger charge is 2.48. The normalized spacial score (nSPS) is 16.9. The summed E-state index contributed by atoms with van der Waals surface area (Å²) in [6.45, 7) is 2.52. The van der Waals surface area contributed by atoms with E-state index in [1.54, 1.807) is 18.7 Å². The molecule has 0 aromatic carbocycles. The molecule has 0 unspecified atom stereocenters. The van der Waals surface area contributed by atoms with Gasteiger partial charge in [0.25, 0.3) is 0 Å². The lowest BCUT2D eigenvalue weighted by molar-refractivity contribution is 0.0514. The van der Waals surface area contributed by atoms with Crippen molar-refractivity contribution in [2.24, 2.45) is 12.9 Å². The molecule has 0 spiro atoms. The molecule has 1 fully saturated rings. The van der Waals surface area contributed by atoms with E-state index in [2.05, 4.69) is 5.10 Å². The van der Waals surface area contributed by atoms with Gasteiger partial charge in [-0.25, -0.2) is 10.7 Å². The van der Waals surface area contributed by atoms with E-state index >= 15 is 0 Å². The van der Waals surface area contributed by atoms with Crippen molar-refractivity contribution >= 4 is 5.97 Å². The van der Waals surface area contributed by atoms with E-state index in [1.165, 1.54) is 0 Å². The minimum absolute atomic E-state index is 0.148. The van der Waals surface area contributed by atoms with Crippen LogP contribution in [-0.4, -0.2) is 29.0 Å². The number of ether oxygens (including phenoxy) is 1. The summed E-state index contributed by atoms with van der Waals surface area (Å²) in [6.07, 6.45) is 3.77. The fourth-order valence-electron chi connectivity index (χ4n) is 2.03. The Labute approximate surface area is 99.6 Å². The second-order valence-corrected chi connectivity index (χ2v) is 4.38. The number of nitrogens with zero attached hydrogens (tertiary/aromatic N) is 2. The Hall–Kier alpha value is -1.40. The van der Waals surface area contributed by atoms with E-state index in [0.29, 0.717) is 18.9 Å². The number of aryl methyl sites for hydroxylation is 1. The SMILES string of the molecule is CCOC(=O)c1nn(C)cc1C1(CON)CC1. The molecular weight excluding hydrogens is 222 g/mol. The van der Waals surface area contributed by atoms with Crippen molar-refractivity contribution < 1.29 is 14.4 Å². The summed E-state index contributed by atoms with van der Waals surface area (Å²) in [7, 11) is 1.78. The zero-order valence-corrected chi connectivity index (χ0v) is 10.1. The fraction of sp³-hybridized carbons (Fsp3) is 0.636. The predicted octanol–water partition coefficient (Wildman–Crippen LogP) is 0.519. The van der Waals surface area contributed by atoms with Crippen molar-refractivity contribution in [1.29, 1.82) is 0 Å². The standard InChI is InChI=1S/C11H17N3O3/c1-3-16-10(15)9-8(6-14(2)13-9)11(4-5-11)7-17-12/h6H,3-5,7,12H2,1-2H3. The third-order valence-corrected chi connectivity index (χ3v) is 3.08. The van der Waals surface area contributed by atoms with Crippen LogP contribution in [0.5, 0.6) is 0 Å². The summed E-state index contributed by atoms with van der Waals surface area (Å²) in [5.74, 6) is 4.76. The first-order valence-corrected chi connectivity index (χ1v) is 5.66. The maximum Gasteiger partial charge on any atom is 0.359 e. The lowest BCUT2D eigenvalue weighted by atomic mass is 9.97. The molecule has 0 radical (unpaired) electrons. The van der Waals surface area contributed by atoms with E-state index < -0.39 is 0 Å². The summed E-state index contributed by atoms with van der Waals surface area (Å²) < 4.78 is 6.62. The number of carbonyl (C=O) groups is 1. The molecule has 0 atom stereocenters. The zero-order valence-electron chi connectivity index (χ0n) is 10.1. The van der Waals surface area contributed by atoms with Gasteiger partial charge in [-0.3, -0.25) is 4.68 Å². The number of hydrogen-bond donors (Lipinski definition) is 1. The maximum absolute atomic E-state index is 11.8. The van der Waals surface area contributed by atoms with Gasteiger partial charge in [0.05, 0.1) is 13.2 Å². The van der Waals surface area contributed by atoms with Crippen LogP contribution in [0.15, 0.2) is 6.20 Å². The van der Waals surface area contributed by atoms with Gasteiger partial charge in [-0.15, -0.1) is 0 Å². The van der Waals surface area contributed by atoms with Crippen LogP contribution < -0.4 is 5.90 Å². The van der Waals surface area contributed by atoms with Crippen molar-refractivity contribution in [3.05, 3.63) is 17.5 Å². The Morgan fingerprint density at radius 1 is 1.65 bits per heavy atom. The molecule has 94 valence electrons. The molecule has 0 saturated heterocycles. The van der Waals surface area contributed by atoms with Gasteiger partial charge < -0.3 is 9.57 Å². The van der Waals surface area contributed by atoms with E-state index in [-0.39, 0.29) is 11.4 Å². The van der Waals surface area contributed by atoms with E-state index in [9.17, 15) is 4.79 Å². The molecule has 1 aliphatic carbocycles. The Morgan fingerprint density at radius 3 is 2.88 bits per heavy atom. The van der Waals surface area contributed by atoms with Crippen molar-refractivity contribution in [2.75, 3.05) is 13.2 Å². The smallest absolute Gasteiger partial charge is 0.359 e. The Kier molecular flexibility index (Phi) is 3.17. The molecule has 6 heteroatoms. The second-order valence-electron chi connectivity index (χ2n) is 4.38. The van der Waals surface area contributed by atoms with Crippen LogP contribution >= 0.6 is 0 Å². The Balaban J connectivity index is 2.31. The third kappa shape index (κ3) is 2.18. The molecule has 0 bridgehead atoms. The fourth-order valence-corrected chi connectivity index (χ4v) is 2.03. The second kappa shape index (κ2) is 4.46. The summed E-state index contributed by atoms with van der Waals surface area (Å²) in [6, 6.07) is 0. The van der Waals surface area contributed by atoms with Gasteiger partial charge in [0.2, 0.25) is 0 Å². The molecule has 1 aromatic heterocycles. The summed E-state index contributed by atoms with van der Waals surface area (Å²) >= 11 is 0. The largest absolute Gasteiger partial charge is 0.461 e. The molecule has 2 rings (SSSR count). The van der Waals surface area contributed by atoms with E-state index in [0.717, 1.165) is 18.4 Å². The first-order valence-electron chi connectivity index (χ1n) is 5.66. The van der Waals surface area contributed by atoms with Gasteiger partial charge >= 0.3 is 5.97 Å². The number of esters is 1. The minimum Gasteiger partial charge on any atom is -0.461 e. The molecule has 1 saturated carbocycles. The molecule has 0 aliphatic heterocycles. The lowest BCUT2D eigenvalue weighted by Gasteiger charge is -2.12. The molecule has 17 heavy (non-hydrogen) atoms. The van der Waals surface area contributed by atoms with Crippen molar-refractivity contribution in [2.45, 2.75) is 25.2 Å². The summed E-state index contributed by atoms with van der Waals surface area (Å²) in [4.78, 5) is 16.5. The summed E-state index contributed by atoms with van der Waals surface area (Å²) in [5.41, 5.74) is 1.11. The molecule has 6 nitrogen and oxygen atoms in total. The Morgan fingerprint density at radius 2 is 2.35 bits per heavy atom. The first kappa shape index (κ1) is 12.1. The van der Waals surface area contributed by atoms with Crippen LogP contribution in [-0.2, 0) is 22.0 Å². The molecule has 1 aliphatic rings. The number of aromatic nitrogens is 2. The highest BCUT2D eigenvalue weighted by atomic mass is 16.6. The van der Waals surface area contributed by atoms with Crippen LogP contribution in [0.25, 0.3) is 0 Å². The number of carbonyl (C=O) groups excluding carboxylic acids is 1. The van der Waals surface area contributed by atoms with Crippen molar-refractivity contribution in [3.8, 4) is 0 Å². The zero-order chi connectivity index (χ0) is 12.5. The Bertz CT molecular complexity index is 424. The third-order valence-electron chi connectivity index (χ3n) is 3.08. The van der Waals surface area contributed by atoms with Gasteiger partial charge in [-0.05, 0) is 19.8 Å². The number of rotatable bonds is 5. The van der Waals surface area contributed by atoms with Gasteiger partial charge in [0, 0.05) is 24.2 Å². The van der Waals surface area contributed by atoms with Crippen molar-refractivity contribution in [3.63, 3.8) is 0 Å². The topological polar surface area (TPSA) is 79.4 Å². The summed E-state index contributed by atoms with van der Waals surface area (Å²) in [5, 5.41) is 4.16. The molecular formula is C11H17N3O3. The van der Waals surface area contributed by atoms with Gasteiger partial charge in [-0.2, -0.15) is 5.10 Å². The number of hydrogen-bond acceptors (Lipinski definition) is 5. The molecule has 2 N–H and O–H groups in total. The van der Waals surface area contributed by atoms with Crippen LogP contribution in [0.4, 0.5) is 0 Å². The predicted molar refractivity (Wildman–Crippen MR) is 60.2 cm³/mol. The van der Waals surface area contributed by atoms with Crippen molar-refractivity contribution in [1.82, 2.24) is 9.78 Å². The minimum atomic E-state index is -0.383. The first-order chi connectivity index (χ1) is 8.13. The average Bonchev–Trinajstić information content (AvgIpc) is 2.95. The van der Waals surface area contributed by atoms with E-state index in [4.69, 9.17) is 15.5 Å². The molecule has 1 heterocycles. The maximum atomic E-state index is 11.8. The highest BCUT2D eigenvalue weighted by Crippen LogP contribution is 2.49. The average molecular weight is 239 g/mol. The van der Waals surface area contributed by atoms with E-state index in [1.807, 2.05) is 6.20 Å². The van der Waals surface area contributed by atoms with Crippen LogP contribution in [0.2, 0.25) is 0 Å². The molecule has 0 amide bonds.